The number of benzene rings is 1. The molecule has 1 unspecified atom stereocenters. The quantitative estimate of drug-likeness (QED) is 0.684. The van der Waals surface area contributed by atoms with Crippen molar-refractivity contribution in [2.24, 2.45) is 0 Å². The van der Waals surface area contributed by atoms with Crippen molar-refractivity contribution in [3.05, 3.63) is 76.9 Å². The third-order valence-corrected chi connectivity index (χ3v) is 5.39. The van der Waals surface area contributed by atoms with Gasteiger partial charge in [0, 0.05) is 11.6 Å². The van der Waals surface area contributed by atoms with E-state index in [1.165, 1.54) is 7.11 Å². The molecule has 1 amide bonds. The van der Waals surface area contributed by atoms with E-state index in [0.717, 1.165) is 23.2 Å². The van der Waals surface area contributed by atoms with Crippen molar-refractivity contribution >= 4 is 11.6 Å². The number of amides is 1. The average Bonchev–Trinajstić information content (AvgIpc) is 3.32. The molecule has 0 bridgehead atoms. The number of nitriles is 1. The van der Waals surface area contributed by atoms with E-state index in [-0.39, 0.29) is 18.2 Å². The molecule has 0 saturated carbocycles. The molecule has 0 spiro atoms. The number of hydrogen-bond donors (Lipinski definition) is 0. The number of hydrogen-bond acceptors (Lipinski definition) is 6. The van der Waals surface area contributed by atoms with Gasteiger partial charge in [0.1, 0.15) is 11.8 Å². The number of carbonyl (C=O) groups excluding carboxylic acids is 1. The van der Waals surface area contributed by atoms with Crippen LogP contribution in [0, 0.1) is 11.3 Å². The summed E-state index contributed by atoms with van der Waals surface area (Å²) < 4.78 is 17.0. The van der Waals surface area contributed by atoms with E-state index >= 15 is 0 Å². The van der Waals surface area contributed by atoms with Crippen LogP contribution in [0.2, 0.25) is 0 Å². The summed E-state index contributed by atoms with van der Waals surface area (Å²) in [6.45, 7) is 0.611. The first-order valence-corrected chi connectivity index (χ1v) is 9.26. The van der Waals surface area contributed by atoms with E-state index in [4.69, 9.17) is 19.2 Å². The summed E-state index contributed by atoms with van der Waals surface area (Å²) in [4.78, 5) is 20.0. The average molecular weight is 387 g/mol. The Morgan fingerprint density at radius 1 is 1.24 bits per heavy atom. The Morgan fingerprint density at radius 2 is 2.10 bits per heavy atom. The van der Waals surface area contributed by atoms with Gasteiger partial charge in [0.05, 0.1) is 31.6 Å². The highest BCUT2D eigenvalue weighted by Crippen LogP contribution is 2.50. The third kappa shape index (κ3) is 2.46. The Morgan fingerprint density at radius 3 is 2.90 bits per heavy atom. The Hall–Kier alpha value is -3.63. The van der Waals surface area contributed by atoms with E-state index in [0.29, 0.717) is 23.9 Å². The van der Waals surface area contributed by atoms with Crippen LogP contribution in [0.5, 0.6) is 5.88 Å². The summed E-state index contributed by atoms with van der Waals surface area (Å²) in [5.41, 5.74) is 1.83. The van der Waals surface area contributed by atoms with Crippen LogP contribution in [0.3, 0.4) is 0 Å². The standard InChI is InChI=1S/C22H17N3O4/c1-27-19-7-3-6-18(24-19)22-20-14(10-11-28-22)4-2-5-17(20)25(21(22)26)13-16-9-8-15(12-23)29-16/h2-9H,10-11,13H2,1H3. The van der Waals surface area contributed by atoms with Crippen LogP contribution >= 0.6 is 0 Å². The Kier molecular flexibility index (Phi) is 3.89. The molecule has 2 aliphatic rings. The fourth-order valence-corrected chi connectivity index (χ4v) is 4.15. The van der Waals surface area contributed by atoms with Crippen LogP contribution in [0.1, 0.15) is 28.3 Å². The van der Waals surface area contributed by atoms with Gasteiger partial charge in [-0.3, -0.25) is 4.79 Å². The minimum absolute atomic E-state index is 0.200. The lowest BCUT2D eigenvalue weighted by Gasteiger charge is -2.33. The number of ether oxygens (including phenoxy) is 2. The summed E-state index contributed by atoms with van der Waals surface area (Å²) in [7, 11) is 1.54. The number of rotatable bonds is 4. The van der Waals surface area contributed by atoms with Gasteiger partial charge in [0.15, 0.2) is 0 Å². The molecular formula is C22H17N3O4. The van der Waals surface area contributed by atoms with E-state index < -0.39 is 5.60 Å². The van der Waals surface area contributed by atoms with Crippen LogP contribution in [-0.2, 0) is 28.1 Å². The Balaban J connectivity index is 1.67. The first kappa shape index (κ1) is 17.5. The molecule has 144 valence electrons. The molecule has 1 atom stereocenters. The largest absolute Gasteiger partial charge is 0.481 e. The minimum Gasteiger partial charge on any atom is -0.481 e. The molecule has 0 radical (unpaired) electrons. The van der Waals surface area contributed by atoms with Gasteiger partial charge in [-0.15, -0.1) is 0 Å². The Bertz CT molecular complexity index is 1160. The zero-order valence-corrected chi connectivity index (χ0v) is 15.7. The Labute approximate surface area is 167 Å². The highest BCUT2D eigenvalue weighted by molar-refractivity contribution is 6.09. The summed E-state index contributed by atoms with van der Waals surface area (Å²) in [6.07, 6.45) is 0.718. The molecule has 0 N–H and O–H groups in total. The van der Waals surface area contributed by atoms with Crippen molar-refractivity contribution in [2.45, 2.75) is 18.6 Å². The summed E-state index contributed by atoms with van der Waals surface area (Å²) in [5.74, 6) is 0.929. The second-order valence-corrected chi connectivity index (χ2v) is 6.93. The van der Waals surface area contributed by atoms with Gasteiger partial charge in [0.2, 0.25) is 17.2 Å². The van der Waals surface area contributed by atoms with E-state index in [1.807, 2.05) is 24.3 Å². The fraction of sp³-hybridized carbons (Fsp3) is 0.227. The zero-order chi connectivity index (χ0) is 20.0. The lowest BCUT2D eigenvalue weighted by atomic mass is 9.84. The molecule has 4 heterocycles. The molecule has 0 aliphatic carbocycles. The van der Waals surface area contributed by atoms with E-state index in [2.05, 4.69) is 4.98 Å². The highest BCUT2D eigenvalue weighted by Gasteiger charge is 2.57. The first-order chi connectivity index (χ1) is 14.2. The molecule has 7 heteroatoms. The number of nitrogens with zero attached hydrogens (tertiary/aromatic N) is 3. The zero-order valence-electron chi connectivity index (χ0n) is 15.7. The molecule has 5 rings (SSSR count). The molecule has 3 aromatic rings. The number of methoxy groups -OCH3 is 1. The van der Waals surface area contributed by atoms with Gasteiger partial charge in [0.25, 0.3) is 5.91 Å². The van der Waals surface area contributed by atoms with Crippen molar-refractivity contribution in [1.29, 1.82) is 5.26 Å². The van der Waals surface area contributed by atoms with Gasteiger partial charge < -0.3 is 18.8 Å². The van der Waals surface area contributed by atoms with Gasteiger partial charge in [-0.25, -0.2) is 4.98 Å². The van der Waals surface area contributed by atoms with E-state index in [9.17, 15) is 4.79 Å². The van der Waals surface area contributed by atoms with Crippen LogP contribution in [0.25, 0.3) is 0 Å². The topological polar surface area (TPSA) is 88.6 Å². The predicted molar refractivity (Wildman–Crippen MR) is 102 cm³/mol. The summed E-state index contributed by atoms with van der Waals surface area (Å²) in [5, 5.41) is 9.02. The van der Waals surface area contributed by atoms with Crippen molar-refractivity contribution in [3.8, 4) is 11.9 Å². The maximum Gasteiger partial charge on any atom is 0.270 e. The maximum absolute atomic E-state index is 13.8. The number of carbonyl (C=O) groups is 1. The highest BCUT2D eigenvalue weighted by atomic mass is 16.5. The third-order valence-electron chi connectivity index (χ3n) is 5.39. The van der Waals surface area contributed by atoms with Gasteiger partial charge in [-0.1, -0.05) is 18.2 Å². The predicted octanol–water partition coefficient (Wildman–Crippen LogP) is 2.92. The maximum atomic E-state index is 13.8. The lowest BCUT2D eigenvalue weighted by Crippen LogP contribution is -2.46. The van der Waals surface area contributed by atoms with Crippen molar-refractivity contribution in [1.82, 2.24) is 4.98 Å². The molecule has 7 nitrogen and oxygen atoms in total. The molecule has 1 aromatic carbocycles. The molecule has 0 fully saturated rings. The number of pyridine rings is 1. The molecule has 29 heavy (non-hydrogen) atoms. The van der Waals surface area contributed by atoms with Gasteiger partial charge in [-0.2, -0.15) is 5.26 Å². The van der Waals surface area contributed by atoms with Crippen molar-refractivity contribution < 1.29 is 18.7 Å². The summed E-state index contributed by atoms with van der Waals surface area (Å²) >= 11 is 0. The second-order valence-electron chi connectivity index (χ2n) is 6.93. The van der Waals surface area contributed by atoms with Gasteiger partial charge >= 0.3 is 0 Å². The SMILES string of the molecule is COc1cccc(C23OCCc4cccc(c42)N(Cc2ccc(C#N)o2)C3=O)n1. The monoisotopic (exact) mass is 387 g/mol. The lowest BCUT2D eigenvalue weighted by molar-refractivity contribution is -0.140. The smallest absolute Gasteiger partial charge is 0.270 e. The minimum atomic E-state index is -1.32. The fourth-order valence-electron chi connectivity index (χ4n) is 4.15. The van der Waals surface area contributed by atoms with Crippen LogP contribution in [-0.4, -0.2) is 24.6 Å². The first-order valence-electron chi connectivity index (χ1n) is 9.26. The van der Waals surface area contributed by atoms with Crippen LogP contribution in [0.15, 0.2) is 52.9 Å². The van der Waals surface area contributed by atoms with Crippen LogP contribution < -0.4 is 9.64 Å². The summed E-state index contributed by atoms with van der Waals surface area (Å²) in [6, 6.07) is 16.5. The molecule has 2 aliphatic heterocycles. The molecule has 0 saturated heterocycles. The number of furan rings is 1. The molecule has 2 aromatic heterocycles. The van der Waals surface area contributed by atoms with Gasteiger partial charge in [-0.05, 0) is 36.2 Å². The second kappa shape index (κ2) is 6.47. The van der Waals surface area contributed by atoms with Crippen molar-refractivity contribution in [2.75, 3.05) is 18.6 Å². The van der Waals surface area contributed by atoms with Crippen LogP contribution in [0.4, 0.5) is 5.69 Å². The van der Waals surface area contributed by atoms with Crippen molar-refractivity contribution in [3.63, 3.8) is 0 Å². The number of aromatic nitrogens is 1. The van der Waals surface area contributed by atoms with E-state index in [1.54, 1.807) is 35.2 Å². The number of anilines is 1. The normalized spacial score (nSPS) is 19.7. The molecular weight excluding hydrogens is 370 g/mol.